The van der Waals surface area contributed by atoms with Crippen molar-refractivity contribution < 1.29 is 0 Å². The van der Waals surface area contributed by atoms with Crippen molar-refractivity contribution in [1.29, 1.82) is 0 Å². The van der Waals surface area contributed by atoms with Crippen LogP contribution < -0.4 is 11.1 Å². The second kappa shape index (κ2) is 3.77. The first kappa shape index (κ1) is 10.2. The number of nitrogens with one attached hydrogen (secondary N) is 1. The molecule has 3 rings (SSSR count). The number of hydrogen-bond acceptors (Lipinski definition) is 2. The first-order valence-electron chi connectivity index (χ1n) is 6.35. The largest absolute Gasteiger partial charge is 0.399 e. The molecule has 1 aromatic carbocycles. The number of hydrogen-bond donors (Lipinski definition) is 2. The molecule has 2 aliphatic rings. The number of rotatable bonds is 5. The molecule has 16 heavy (non-hydrogen) atoms. The zero-order valence-corrected chi connectivity index (χ0v) is 9.71. The van der Waals surface area contributed by atoms with Gasteiger partial charge in [0.15, 0.2) is 0 Å². The van der Waals surface area contributed by atoms with Gasteiger partial charge in [-0.15, -0.1) is 0 Å². The van der Waals surface area contributed by atoms with Crippen LogP contribution in [0.3, 0.4) is 0 Å². The summed E-state index contributed by atoms with van der Waals surface area (Å²) in [5.41, 5.74) is 8.49. The molecule has 0 heterocycles. The van der Waals surface area contributed by atoms with Crippen molar-refractivity contribution in [3.8, 4) is 0 Å². The quantitative estimate of drug-likeness (QED) is 0.741. The molecule has 0 bridgehead atoms. The lowest BCUT2D eigenvalue weighted by molar-refractivity contribution is 0.555. The number of nitrogen functional groups attached to an aromatic ring is 1. The highest BCUT2D eigenvalue weighted by atomic mass is 14.9. The van der Waals surface area contributed by atoms with Gasteiger partial charge in [-0.3, -0.25) is 0 Å². The molecule has 0 unspecified atom stereocenters. The van der Waals surface area contributed by atoms with Gasteiger partial charge in [0.05, 0.1) is 0 Å². The van der Waals surface area contributed by atoms with Crippen LogP contribution in [0.15, 0.2) is 24.3 Å². The highest BCUT2D eigenvalue weighted by molar-refractivity contribution is 5.43. The summed E-state index contributed by atoms with van der Waals surface area (Å²) in [6, 6.07) is 8.44. The molecule has 2 fully saturated rings. The molecule has 0 atom stereocenters. The fourth-order valence-corrected chi connectivity index (χ4v) is 2.39. The Morgan fingerprint density at radius 2 is 1.88 bits per heavy atom. The summed E-state index contributed by atoms with van der Waals surface area (Å²) in [7, 11) is 0. The van der Waals surface area contributed by atoms with Crippen LogP contribution in [-0.2, 0) is 5.41 Å². The first-order valence-corrected chi connectivity index (χ1v) is 6.35. The molecule has 2 aliphatic carbocycles. The van der Waals surface area contributed by atoms with Gasteiger partial charge in [-0.1, -0.05) is 12.1 Å². The van der Waals surface area contributed by atoms with Gasteiger partial charge in [-0.2, -0.15) is 0 Å². The van der Waals surface area contributed by atoms with Crippen molar-refractivity contribution in [1.82, 2.24) is 5.32 Å². The molecule has 0 aromatic heterocycles. The predicted octanol–water partition coefficient (Wildman–Crippen LogP) is 2.30. The van der Waals surface area contributed by atoms with Gasteiger partial charge in [0.1, 0.15) is 0 Å². The molecule has 0 amide bonds. The highest BCUT2D eigenvalue weighted by Gasteiger charge is 2.43. The Morgan fingerprint density at radius 3 is 2.44 bits per heavy atom. The predicted molar refractivity (Wildman–Crippen MR) is 67.4 cm³/mol. The van der Waals surface area contributed by atoms with Crippen molar-refractivity contribution in [2.24, 2.45) is 5.92 Å². The van der Waals surface area contributed by atoms with Crippen LogP contribution in [-0.4, -0.2) is 13.1 Å². The molecular weight excluding hydrogens is 196 g/mol. The topological polar surface area (TPSA) is 38.0 Å². The van der Waals surface area contributed by atoms with E-state index in [4.69, 9.17) is 5.73 Å². The van der Waals surface area contributed by atoms with E-state index in [1.165, 1.54) is 37.8 Å². The maximum atomic E-state index is 5.72. The maximum absolute atomic E-state index is 5.72. The lowest BCUT2D eigenvalue weighted by Crippen LogP contribution is -2.28. The lowest BCUT2D eigenvalue weighted by Gasteiger charge is -2.16. The molecule has 1 aromatic rings. The minimum absolute atomic E-state index is 0.433. The normalized spacial score (nSPS) is 22.0. The number of nitrogens with two attached hydrogens (primary N) is 1. The van der Waals surface area contributed by atoms with Gasteiger partial charge in [0.25, 0.3) is 0 Å². The van der Waals surface area contributed by atoms with Crippen LogP contribution in [0.1, 0.15) is 31.2 Å². The average Bonchev–Trinajstić information content (AvgIpc) is 3.14. The van der Waals surface area contributed by atoms with E-state index in [2.05, 4.69) is 17.4 Å². The lowest BCUT2D eigenvalue weighted by atomic mass is 9.95. The zero-order valence-electron chi connectivity index (χ0n) is 9.71. The summed E-state index contributed by atoms with van der Waals surface area (Å²) in [5, 5.41) is 3.63. The Morgan fingerprint density at radius 1 is 1.19 bits per heavy atom. The van der Waals surface area contributed by atoms with Crippen molar-refractivity contribution in [3.63, 3.8) is 0 Å². The van der Waals surface area contributed by atoms with E-state index in [1.807, 2.05) is 12.1 Å². The molecule has 0 spiro atoms. The van der Waals surface area contributed by atoms with Crippen LogP contribution in [0.25, 0.3) is 0 Å². The molecule has 86 valence electrons. The van der Waals surface area contributed by atoms with Crippen LogP contribution in [0.2, 0.25) is 0 Å². The summed E-state index contributed by atoms with van der Waals surface area (Å²) in [5.74, 6) is 0.974. The Balaban J connectivity index is 1.60. The van der Waals surface area contributed by atoms with Crippen LogP contribution >= 0.6 is 0 Å². The van der Waals surface area contributed by atoms with E-state index in [-0.39, 0.29) is 0 Å². The zero-order chi connectivity index (χ0) is 11.0. The van der Waals surface area contributed by atoms with Crippen molar-refractivity contribution in [2.75, 3.05) is 18.8 Å². The van der Waals surface area contributed by atoms with Gasteiger partial charge in [0.2, 0.25) is 0 Å². The van der Waals surface area contributed by atoms with Crippen molar-refractivity contribution in [3.05, 3.63) is 29.8 Å². The molecule has 0 aliphatic heterocycles. The minimum atomic E-state index is 0.433. The average molecular weight is 216 g/mol. The first-order chi connectivity index (χ1) is 7.78. The molecular formula is C14H20N2. The molecule has 2 nitrogen and oxygen atoms in total. The van der Waals surface area contributed by atoms with Gasteiger partial charge >= 0.3 is 0 Å². The van der Waals surface area contributed by atoms with Gasteiger partial charge in [-0.05, 0) is 55.8 Å². The number of benzene rings is 1. The third-order valence-electron chi connectivity index (χ3n) is 3.97. The smallest absolute Gasteiger partial charge is 0.0314 e. The van der Waals surface area contributed by atoms with E-state index < -0.39 is 0 Å². The van der Waals surface area contributed by atoms with Gasteiger partial charge in [0, 0.05) is 17.6 Å². The maximum Gasteiger partial charge on any atom is 0.0314 e. The van der Waals surface area contributed by atoms with Crippen molar-refractivity contribution >= 4 is 5.69 Å². The highest BCUT2D eigenvalue weighted by Crippen LogP contribution is 2.47. The number of anilines is 1. The Labute approximate surface area is 97.2 Å². The van der Waals surface area contributed by atoms with Gasteiger partial charge < -0.3 is 11.1 Å². The SMILES string of the molecule is Nc1ccc(C2(CNCC3CC3)CC2)cc1. The standard InChI is InChI=1S/C14H20N2/c15-13-5-3-12(4-6-13)14(7-8-14)10-16-9-11-1-2-11/h3-6,11,16H,1-2,7-10,15H2. The third kappa shape index (κ3) is 2.07. The molecule has 0 saturated heterocycles. The fourth-order valence-electron chi connectivity index (χ4n) is 2.39. The van der Waals surface area contributed by atoms with E-state index >= 15 is 0 Å². The minimum Gasteiger partial charge on any atom is -0.399 e. The monoisotopic (exact) mass is 216 g/mol. The van der Waals surface area contributed by atoms with E-state index in [1.54, 1.807) is 0 Å². The third-order valence-corrected chi connectivity index (χ3v) is 3.97. The molecule has 2 saturated carbocycles. The van der Waals surface area contributed by atoms with Crippen LogP contribution in [0.5, 0.6) is 0 Å². The summed E-state index contributed by atoms with van der Waals surface area (Å²) in [6.45, 7) is 2.37. The van der Waals surface area contributed by atoms with Crippen LogP contribution in [0, 0.1) is 5.92 Å². The Kier molecular flexibility index (Phi) is 2.40. The van der Waals surface area contributed by atoms with E-state index in [0.29, 0.717) is 5.41 Å². The fraction of sp³-hybridized carbons (Fsp3) is 0.571. The molecule has 3 N–H and O–H groups in total. The molecule has 0 radical (unpaired) electrons. The Hall–Kier alpha value is -1.02. The molecule has 2 heteroatoms. The van der Waals surface area contributed by atoms with Crippen LogP contribution in [0.4, 0.5) is 5.69 Å². The second-order valence-electron chi connectivity index (χ2n) is 5.48. The van der Waals surface area contributed by atoms with Crippen molar-refractivity contribution in [2.45, 2.75) is 31.1 Å². The summed E-state index contributed by atoms with van der Waals surface area (Å²) in [6.07, 6.45) is 5.52. The van der Waals surface area contributed by atoms with E-state index in [9.17, 15) is 0 Å². The summed E-state index contributed by atoms with van der Waals surface area (Å²) in [4.78, 5) is 0. The Bertz CT molecular complexity index is 361. The second-order valence-corrected chi connectivity index (χ2v) is 5.48. The van der Waals surface area contributed by atoms with Gasteiger partial charge in [-0.25, -0.2) is 0 Å². The summed E-state index contributed by atoms with van der Waals surface area (Å²) < 4.78 is 0. The van der Waals surface area contributed by atoms with E-state index in [0.717, 1.165) is 18.2 Å². The summed E-state index contributed by atoms with van der Waals surface area (Å²) >= 11 is 0.